The summed E-state index contributed by atoms with van der Waals surface area (Å²) in [6, 6.07) is 10.3. The van der Waals surface area contributed by atoms with Gasteiger partial charge >= 0.3 is 6.09 Å². The summed E-state index contributed by atoms with van der Waals surface area (Å²) < 4.78 is 4.47. The van der Waals surface area contributed by atoms with E-state index in [0.717, 1.165) is 32.4 Å². The molecule has 0 N–H and O–H groups in total. The number of piperidine rings is 2. The van der Waals surface area contributed by atoms with Gasteiger partial charge in [0.25, 0.3) is 0 Å². The van der Waals surface area contributed by atoms with Crippen molar-refractivity contribution in [2.75, 3.05) is 33.3 Å². The Morgan fingerprint density at radius 1 is 1.00 bits per heavy atom. The molecule has 0 atom stereocenters. The highest BCUT2D eigenvalue weighted by molar-refractivity contribution is 5.85. The molecule has 0 spiro atoms. The number of carbonyl (C=O) groups is 3. The van der Waals surface area contributed by atoms with Gasteiger partial charge in [0.1, 0.15) is 5.78 Å². The van der Waals surface area contributed by atoms with E-state index in [9.17, 15) is 14.4 Å². The Balaban J connectivity index is 0.000000186. The van der Waals surface area contributed by atoms with E-state index in [1.54, 1.807) is 0 Å². The number of methoxy groups -OCH3 is 1. The molecule has 2 heterocycles. The van der Waals surface area contributed by atoms with E-state index in [-0.39, 0.29) is 12.3 Å². The summed E-state index contributed by atoms with van der Waals surface area (Å²) in [6.07, 6.45) is 2.73. The van der Waals surface area contributed by atoms with E-state index in [1.165, 1.54) is 17.6 Å². The fourth-order valence-electron chi connectivity index (χ4n) is 3.01. The number of ether oxygens (including phenoxy) is 1. The van der Waals surface area contributed by atoms with Crippen LogP contribution in [-0.4, -0.2) is 60.7 Å². The normalized spacial score (nSPS) is 18.4. The van der Waals surface area contributed by atoms with Gasteiger partial charge in [-0.3, -0.25) is 14.5 Å². The van der Waals surface area contributed by atoms with Crippen molar-refractivity contribution < 1.29 is 19.1 Å². The first-order chi connectivity index (χ1) is 12.1. The second-order valence-electron chi connectivity index (χ2n) is 6.37. The largest absolute Gasteiger partial charge is 0.453 e. The van der Waals surface area contributed by atoms with Crippen LogP contribution in [0, 0.1) is 0 Å². The van der Waals surface area contributed by atoms with Crippen LogP contribution in [0.2, 0.25) is 0 Å². The van der Waals surface area contributed by atoms with Crippen LogP contribution in [0.5, 0.6) is 0 Å². The molecule has 25 heavy (non-hydrogen) atoms. The average Bonchev–Trinajstić information content (AvgIpc) is 2.62. The second kappa shape index (κ2) is 9.93. The molecule has 6 nitrogen and oxygen atoms in total. The molecule has 2 fully saturated rings. The minimum absolute atomic E-state index is 0.113. The monoisotopic (exact) mass is 346 g/mol. The third-order valence-corrected chi connectivity index (χ3v) is 4.26. The van der Waals surface area contributed by atoms with Crippen molar-refractivity contribution in [1.82, 2.24) is 9.80 Å². The smallest absolute Gasteiger partial charge is 0.409 e. The summed E-state index contributed by atoms with van der Waals surface area (Å²) in [6.45, 7) is 3.45. The molecule has 3 rings (SSSR count). The van der Waals surface area contributed by atoms with E-state index >= 15 is 0 Å². The molecule has 0 radical (unpaired) electrons. The quantitative estimate of drug-likeness (QED) is 0.822. The highest BCUT2D eigenvalue weighted by Gasteiger charge is 2.21. The molecule has 6 heteroatoms. The lowest BCUT2D eigenvalue weighted by Gasteiger charge is -2.25. The van der Waals surface area contributed by atoms with Crippen molar-refractivity contribution in [2.24, 2.45) is 0 Å². The van der Waals surface area contributed by atoms with Crippen molar-refractivity contribution in [3.8, 4) is 0 Å². The fraction of sp³-hybridized carbons (Fsp3) is 0.526. The average molecular weight is 346 g/mol. The molecule has 0 aliphatic carbocycles. The molecule has 0 saturated carbocycles. The zero-order valence-corrected chi connectivity index (χ0v) is 14.8. The molecule has 1 amide bonds. The van der Waals surface area contributed by atoms with Gasteiger partial charge in [0.2, 0.25) is 0 Å². The number of nitrogens with zero attached hydrogens (tertiary/aromatic N) is 2. The zero-order chi connectivity index (χ0) is 18.1. The van der Waals surface area contributed by atoms with E-state index in [1.807, 2.05) is 18.2 Å². The Kier molecular flexibility index (Phi) is 7.60. The van der Waals surface area contributed by atoms with Crippen LogP contribution in [0.1, 0.15) is 31.2 Å². The molecule has 0 bridgehead atoms. The van der Waals surface area contributed by atoms with Crippen molar-refractivity contribution in [3.05, 3.63) is 35.9 Å². The third-order valence-electron chi connectivity index (χ3n) is 4.26. The number of amides is 1. The molecule has 2 saturated heterocycles. The SMILES string of the molecule is COC(=O)N1CCCC(=O)C1.O=C1CCCN(Cc2ccccc2)C1. The number of benzene rings is 1. The lowest BCUT2D eigenvalue weighted by molar-refractivity contribution is -0.122. The summed E-state index contributed by atoms with van der Waals surface area (Å²) in [4.78, 5) is 36.6. The summed E-state index contributed by atoms with van der Waals surface area (Å²) >= 11 is 0. The van der Waals surface area contributed by atoms with Crippen LogP contribution in [-0.2, 0) is 20.9 Å². The highest BCUT2D eigenvalue weighted by atomic mass is 16.5. The Labute approximate surface area is 148 Å². The summed E-state index contributed by atoms with van der Waals surface area (Å²) in [5.41, 5.74) is 1.29. The van der Waals surface area contributed by atoms with Crippen LogP contribution in [0.15, 0.2) is 30.3 Å². The van der Waals surface area contributed by atoms with Gasteiger partial charge in [-0.25, -0.2) is 4.79 Å². The van der Waals surface area contributed by atoms with E-state index in [4.69, 9.17) is 0 Å². The first-order valence-electron chi connectivity index (χ1n) is 8.71. The standard InChI is InChI=1S/C12H15NO.C7H11NO3/c14-12-7-4-8-13(10-12)9-11-5-2-1-3-6-11;1-11-7(10)8-4-2-3-6(9)5-8/h1-3,5-6H,4,7-10H2;2-5H2,1H3. The molecule has 1 aromatic carbocycles. The maximum Gasteiger partial charge on any atom is 0.409 e. The summed E-state index contributed by atoms with van der Waals surface area (Å²) in [5.74, 6) is 0.494. The topological polar surface area (TPSA) is 66.9 Å². The van der Waals surface area contributed by atoms with Gasteiger partial charge in [0.05, 0.1) is 20.2 Å². The molecule has 136 valence electrons. The summed E-state index contributed by atoms with van der Waals surface area (Å²) in [5, 5.41) is 0. The number of hydrogen-bond donors (Lipinski definition) is 0. The van der Waals surface area contributed by atoms with Gasteiger partial charge in [0, 0.05) is 25.9 Å². The first kappa shape index (κ1) is 19.1. The molecule has 1 aromatic rings. The third kappa shape index (κ3) is 6.66. The van der Waals surface area contributed by atoms with Crippen molar-refractivity contribution in [3.63, 3.8) is 0 Å². The lowest BCUT2D eigenvalue weighted by atomic mass is 10.1. The molecule has 0 unspecified atom stereocenters. The maximum atomic E-state index is 11.2. The second-order valence-corrected chi connectivity index (χ2v) is 6.37. The van der Waals surface area contributed by atoms with Crippen LogP contribution >= 0.6 is 0 Å². The number of hydrogen-bond acceptors (Lipinski definition) is 5. The number of ketones is 2. The van der Waals surface area contributed by atoms with Crippen LogP contribution < -0.4 is 0 Å². The van der Waals surface area contributed by atoms with Gasteiger partial charge in [0.15, 0.2) is 5.78 Å². The van der Waals surface area contributed by atoms with Crippen LogP contribution in [0.3, 0.4) is 0 Å². The van der Waals surface area contributed by atoms with Crippen molar-refractivity contribution in [1.29, 1.82) is 0 Å². The first-order valence-corrected chi connectivity index (χ1v) is 8.71. The number of Topliss-reactive ketones (excluding diaryl/α,β-unsaturated/α-hetero) is 2. The minimum atomic E-state index is -0.405. The number of rotatable bonds is 2. The van der Waals surface area contributed by atoms with E-state index < -0.39 is 6.09 Å². The van der Waals surface area contributed by atoms with Gasteiger partial charge in [-0.1, -0.05) is 30.3 Å². The predicted octanol–water partition coefficient (Wildman–Crippen LogP) is 2.27. The van der Waals surface area contributed by atoms with Crippen LogP contribution in [0.25, 0.3) is 0 Å². The van der Waals surface area contributed by atoms with Gasteiger partial charge in [-0.15, -0.1) is 0 Å². The Morgan fingerprint density at radius 3 is 2.24 bits per heavy atom. The van der Waals surface area contributed by atoms with Crippen molar-refractivity contribution in [2.45, 2.75) is 32.2 Å². The van der Waals surface area contributed by atoms with Gasteiger partial charge < -0.3 is 9.64 Å². The van der Waals surface area contributed by atoms with Crippen LogP contribution in [0.4, 0.5) is 4.79 Å². The Bertz CT molecular complexity index is 588. The predicted molar refractivity (Wildman–Crippen MR) is 94.2 cm³/mol. The zero-order valence-electron chi connectivity index (χ0n) is 14.8. The van der Waals surface area contributed by atoms with E-state index in [2.05, 4.69) is 21.8 Å². The van der Waals surface area contributed by atoms with Gasteiger partial charge in [-0.2, -0.15) is 0 Å². The number of carbonyl (C=O) groups excluding carboxylic acids is 3. The number of likely N-dealkylation sites (tertiary alicyclic amines) is 2. The lowest BCUT2D eigenvalue weighted by Crippen LogP contribution is -2.39. The molecule has 2 aliphatic heterocycles. The maximum absolute atomic E-state index is 11.2. The Morgan fingerprint density at radius 2 is 1.64 bits per heavy atom. The molecule has 2 aliphatic rings. The van der Waals surface area contributed by atoms with E-state index in [0.29, 0.717) is 25.3 Å². The molecular formula is C19H26N2O4. The molecule has 0 aromatic heterocycles. The Hall–Kier alpha value is -2.21. The summed E-state index contributed by atoms with van der Waals surface area (Å²) in [7, 11) is 1.32. The fourth-order valence-corrected chi connectivity index (χ4v) is 3.01. The highest BCUT2D eigenvalue weighted by Crippen LogP contribution is 2.10. The van der Waals surface area contributed by atoms with Crippen molar-refractivity contribution >= 4 is 17.7 Å². The minimum Gasteiger partial charge on any atom is -0.453 e. The van der Waals surface area contributed by atoms with Gasteiger partial charge in [-0.05, 0) is 24.9 Å². The molecular weight excluding hydrogens is 320 g/mol.